The van der Waals surface area contributed by atoms with Crippen molar-refractivity contribution in [3.63, 3.8) is 0 Å². The highest BCUT2D eigenvalue weighted by Crippen LogP contribution is 2.44. The van der Waals surface area contributed by atoms with E-state index in [2.05, 4.69) is 39.9 Å². The van der Waals surface area contributed by atoms with E-state index < -0.39 is 0 Å². The van der Waals surface area contributed by atoms with Crippen LogP contribution in [-0.2, 0) is 12.0 Å². The summed E-state index contributed by atoms with van der Waals surface area (Å²) in [6.07, 6.45) is 2.68. The zero-order valence-electron chi connectivity index (χ0n) is 12.3. The Labute approximate surface area is 115 Å². The molecule has 2 rings (SSSR count). The van der Waals surface area contributed by atoms with Crippen LogP contribution in [0.4, 0.5) is 0 Å². The molecule has 0 spiro atoms. The normalized spacial score (nSPS) is 16.6. The third-order valence-corrected chi connectivity index (χ3v) is 4.67. The fourth-order valence-corrected chi connectivity index (χ4v) is 3.14. The first-order valence-electron chi connectivity index (χ1n) is 7.08. The molecule has 0 aromatic carbocycles. The molecule has 1 heterocycles. The average molecular weight is 266 g/mol. The Hall–Kier alpha value is -0.410. The van der Waals surface area contributed by atoms with Gasteiger partial charge >= 0.3 is 0 Å². The molecular formula is C15H26N2S. The summed E-state index contributed by atoms with van der Waals surface area (Å²) in [7, 11) is 0. The number of thiazole rings is 1. The molecule has 3 heteroatoms. The van der Waals surface area contributed by atoms with Crippen LogP contribution in [0, 0.1) is 5.92 Å². The van der Waals surface area contributed by atoms with Gasteiger partial charge in [0.15, 0.2) is 0 Å². The molecule has 102 valence electrons. The average Bonchev–Trinajstić information content (AvgIpc) is 2.98. The topological polar surface area (TPSA) is 24.9 Å². The fraction of sp³-hybridized carbons (Fsp3) is 0.800. The quantitative estimate of drug-likeness (QED) is 0.869. The van der Waals surface area contributed by atoms with Gasteiger partial charge in [0.2, 0.25) is 0 Å². The van der Waals surface area contributed by atoms with E-state index in [1.165, 1.54) is 28.4 Å². The predicted octanol–water partition coefficient (Wildman–Crippen LogP) is 4.06. The first kappa shape index (κ1) is 14.0. The van der Waals surface area contributed by atoms with Crippen molar-refractivity contribution in [2.75, 3.05) is 6.54 Å². The van der Waals surface area contributed by atoms with Gasteiger partial charge in [-0.3, -0.25) is 0 Å². The molecule has 1 saturated carbocycles. The van der Waals surface area contributed by atoms with Gasteiger partial charge in [-0.1, -0.05) is 34.6 Å². The summed E-state index contributed by atoms with van der Waals surface area (Å²) in [5.74, 6) is 1.47. The van der Waals surface area contributed by atoms with Gasteiger partial charge in [0.25, 0.3) is 0 Å². The van der Waals surface area contributed by atoms with E-state index in [0.717, 1.165) is 19.0 Å². The van der Waals surface area contributed by atoms with E-state index in [1.54, 1.807) is 0 Å². The summed E-state index contributed by atoms with van der Waals surface area (Å²) in [5, 5.41) is 4.86. The third-order valence-electron chi connectivity index (χ3n) is 3.17. The molecule has 1 fully saturated rings. The van der Waals surface area contributed by atoms with E-state index in [0.29, 0.717) is 5.92 Å². The number of hydrogen-bond acceptors (Lipinski definition) is 3. The molecule has 0 aliphatic heterocycles. The third kappa shape index (κ3) is 3.55. The van der Waals surface area contributed by atoms with Gasteiger partial charge in [-0.2, -0.15) is 0 Å². The van der Waals surface area contributed by atoms with Crippen molar-refractivity contribution in [3.8, 4) is 0 Å². The fourth-order valence-electron chi connectivity index (χ4n) is 1.96. The van der Waals surface area contributed by atoms with Crippen molar-refractivity contribution in [1.82, 2.24) is 10.3 Å². The Bertz CT molecular complexity index is 397. The molecule has 18 heavy (non-hydrogen) atoms. The molecule has 1 N–H and O–H groups in total. The maximum absolute atomic E-state index is 4.92. The number of hydrogen-bond donors (Lipinski definition) is 1. The highest BCUT2D eigenvalue weighted by Gasteiger charge is 2.31. The second kappa shape index (κ2) is 5.30. The van der Waals surface area contributed by atoms with Crippen molar-refractivity contribution >= 4 is 11.3 Å². The summed E-state index contributed by atoms with van der Waals surface area (Å²) >= 11 is 1.91. The lowest BCUT2D eigenvalue weighted by Crippen LogP contribution is -2.18. The van der Waals surface area contributed by atoms with Crippen molar-refractivity contribution in [3.05, 3.63) is 15.6 Å². The van der Waals surface area contributed by atoms with Gasteiger partial charge in [0.05, 0.1) is 10.7 Å². The summed E-state index contributed by atoms with van der Waals surface area (Å²) in [6, 6.07) is 0. The number of nitrogens with zero attached hydrogens (tertiary/aromatic N) is 1. The van der Waals surface area contributed by atoms with Crippen molar-refractivity contribution in [2.45, 2.75) is 65.3 Å². The first-order chi connectivity index (χ1) is 8.38. The van der Waals surface area contributed by atoms with Crippen LogP contribution >= 0.6 is 11.3 Å². The van der Waals surface area contributed by atoms with Crippen LogP contribution in [0.2, 0.25) is 0 Å². The minimum atomic E-state index is 0.185. The van der Waals surface area contributed by atoms with Crippen LogP contribution in [0.5, 0.6) is 0 Å². The molecule has 0 atom stereocenters. The van der Waals surface area contributed by atoms with E-state index in [9.17, 15) is 0 Å². The zero-order chi connectivity index (χ0) is 13.3. The zero-order valence-corrected chi connectivity index (χ0v) is 13.2. The highest BCUT2D eigenvalue weighted by atomic mass is 32.1. The molecule has 2 nitrogen and oxygen atoms in total. The Kier molecular flexibility index (Phi) is 4.12. The molecule has 1 aromatic rings. The highest BCUT2D eigenvalue weighted by molar-refractivity contribution is 7.11. The first-order valence-corrected chi connectivity index (χ1v) is 7.90. The monoisotopic (exact) mass is 266 g/mol. The molecular weight excluding hydrogens is 240 g/mol. The van der Waals surface area contributed by atoms with Gasteiger partial charge in [-0.05, 0) is 25.3 Å². The lowest BCUT2D eigenvalue weighted by atomic mass is 9.98. The van der Waals surface area contributed by atoms with Gasteiger partial charge in [-0.25, -0.2) is 4.98 Å². The van der Waals surface area contributed by atoms with Gasteiger partial charge < -0.3 is 5.32 Å². The SMILES string of the molecule is CC(C)CNCc1sc(C(C)(C)C)nc1C1CC1. The van der Waals surface area contributed by atoms with Crippen LogP contribution < -0.4 is 5.32 Å². The Balaban J connectivity index is 2.09. The Morgan fingerprint density at radius 2 is 2.00 bits per heavy atom. The van der Waals surface area contributed by atoms with Gasteiger partial charge in [0.1, 0.15) is 0 Å². The predicted molar refractivity (Wildman–Crippen MR) is 79.3 cm³/mol. The van der Waals surface area contributed by atoms with E-state index >= 15 is 0 Å². The van der Waals surface area contributed by atoms with Crippen LogP contribution in [0.1, 0.15) is 69.0 Å². The van der Waals surface area contributed by atoms with Crippen LogP contribution in [-0.4, -0.2) is 11.5 Å². The molecule has 0 amide bonds. The van der Waals surface area contributed by atoms with Gasteiger partial charge in [0, 0.05) is 22.8 Å². The Morgan fingerprint density at radius 3 is 2.50 bits per heavy atom. The van der Waals surface area contributed by atoms with Crippen LogP contribution in [0.25, 0.3) is 0 Å². The van der Waals surface area contributed by atoms with E-state index in [1.807, 2.05) is 11.3 Å². The number of nitrogens with one attached hydrogen (secondary N) is 1. The maximum atomic E-state index is 4.92. The van der Waals surface area contributed by atoms with Crippen molar-refractivity contribution < 1.29 is 0 Å². The second-order valence-electron chi connectivity index (χ2n) is 6.88. The second-order valence-corrected chi connectivity index (χ2v) is 7.96. The van der Waals surface area contributed by atoms with Gasteiger partial charge in [-0.15, -0.1) is 11.3 Å². The minimum absolute atomic E-state index is 0.185. The lowest BCUT2D eigenvalue weighted by Gasteiger charge is -2.13. The van der Waals surface area contributed by atoms with Crippen molar-refractivity contribution in [2.24, 2.45) is 5.92 Å². The molecule has 0 unspecified atom stereocenters. The smallest absolute Gasteiger partial charge is 0.0985 e. The molecule has 0 saturated heterocycles. The Morgan fingerprint density at radius 1 is 1.33 bits per heavy atom. The number of aromatic nitrogens is 1. The molecule has 1 aliphatic rings. The minimum Gasteiger partial charge on any atom is -0.312 e. The summed E-state index contributed by atoms with van der Waals surface area (Å²) in [6.45, 7) is 13.4. The molecule has 1 aliphatic carbocycles. The largest absolute Gasteiger partial charge is 0.312 e. The molecule has 1 aromatic heterocycles. The summed E-state index contributed by atoms with van der Waals surface area (Å²) < 4.78 is 0. The standard InChI is InChI=1S/C15H26N2S/c1-10(2)8-16-9-12-13(11-6-7-11)17-14(18-12)15(3,4)5/h10-11,16H,6-9H2,1-5H3. The maximum Gasteiger partial charge on any atom is 0.0985 e. The summed E-state index contributed by atoms with van der Waals surface area (Å²) in [4.78, 5) is 6.39. The molecule has 0 bridgehead atoms. The van der Waals surface area contributed by atoms with E-state index in [4.69, 9.17) is 4.98 Å². The van der Waals surface area contributed by atoms with Crippen LogP contribution in [0.15, 0.2) is 0 Å². The summed E-state index contributed by atoms with van der Waals surface area (Å²) in [5.41, 5.74) is 1.58. The molecule has 0 radical (unpaired) electrons. The van der Waals surface area contributed by atoms with E-state index in [-0.39, 0.29) is 5.41 Å². The number of rotatable bonds is 5. The van der Waals surface area contributed by atoms with Crippen LogP contribution in [0.3, 0.4) is 0 Å². The van der Waals surface area contributed by atoms with Crippen molar-refractivity contribution in [1.29, 1.82) is 0 Å². The lowest BCUT2D eigenvalue weighted by molar-refractivity contribution is 0.553.